The van der Waals surface area contributed by atoms with Crippen LogP contribution < -0.4 is 10.6 Å². The lowest BCUT2D eigenvalue weighted by Gasteiger charge is -2.37. The molecular weight excluding hydrogens is 278 g/mol. The van der Waals surface area contributed by atoms with E-state index in [1.54, 1.807) is 0 Å². The van der Waals surface area contributed by atoms with E-state index in [0.29, 0.717) is 12.1 Å². The first-order valence-electron chi connectivity index (χ1n) is 8.72. The van der Waals surface area contributed by atoms with Crippen LogP contribution in [0.3, 0.4) is 0 Å². The van der Waals surface area contributed by atoms with Gasteiger partial charge >= 0.3 is 0 Å². The summed E-state index contributed by atoms with van der Waals surface area (Å²) in [5.41, 5.74) is 0. The highest BCUT2D eigenvalue weighted by Crippen LogP contribution is 2.32. The van der Waals surface area contributed by atoms with Gasteiger partial charge in [-0.15, -0.1) is 11.3 Å². The lowest BCUT2D eigenvalue weighted by atomic mass is 9.79. The molecule has 2 heterocycles. The van der Waals surface area contributed by atoms with Gasteiger partial charge in [0.2, 0.25) is 0 Å². The molecule has 0 spiro atoms. The number of nitrogens with zero attached hydrogens (tertiary/aromatic N) is 1. The zero-order chi connectivity index (χ0) is 14.7. The van der Waals surface area contributed by atoms with Gasteiger partial charge in [0.25, 0.3) is 0 Å². The fourth-order valence-corrected chi connectivity index (χ4v) is 4.87. The van der Waals surface area contributed by atoms with E-state index in [0.717, 1.165) is 18.4 Å². The second-order valence-corrected chi connectivity index (χ2v) is 7.81. The summed E-state index contributed by atoms with van der Waals surface area (Å²) < 4.78 is 0. The molecule has 4 atom stereocenters. The van der Waals surface area contributed by atoms with Crippen molar-refractivity contribution in [2.75, 3.05) is 6.54 Å². The van der Waals surface area contributed by atoms with Crippen LogP contribution in [0.15, 0.2) is 6.20 Å². The van der Waals surface area contributed by atoms with Crippen LogP contribution in [0.4, 0.5) is 0 Å². The zero-order valence-electron chi connectivity index (χ0n) is 13.4. The van der Waals surface area contributed by atoms with Gasteiger partial charge in [-0.05, 0) is 51.5 Å². The molecule has 1 saturated heterocycles. The summed E-state index contributed by atoms with van der Waals surface area (Å²) in [6, 6.07) is 1.80. The Morgan fingerprint density at radius 3 is 2.90 bits per heavy atom. The number of hydrogen-bond acceptors (Lipinski definition) is 4. The molecule has 1 aromatic heterocycles. The van der Waals surface area contributed by atoms with Crippen molar-refractivity contribution in [2.45, 2.75) is 76.9 Å². The highest BCUT2D eigenvalue weighted by Gasteiger charge is 2.34. The Morgan fingerprint density at radius 2 is 2.19 bits per heavy atom. The van der Waals surface area contributed by atoms with Gasteiger partial charge < -0.3 is 10.6 Å². The molecule has 2 N–H and O–H groups in total. The monoisotopic (exact) mass is 307 g/mol. The first-order valence-corrected chi connectivity index (χ1v) is 9.53. The van der Waals surface area contributed by atoms with Gasteiger partial charge in [0.1, 0.15) is 5.01 Å². The van der Waals surface area contributed by atoms with Crippen LogP contribution in [-0.4, -0.2) is 23.6 Å². The number of hydrogen-bond donors (Lipinski definition) is 2. The maximum atomic E-state index is 4.62. The maximum Gasteiger partial charge on any atom is 0.109 e. The second-order valence-electron chi connectivity index (χ2n) is 6.66. The van der Waals surface area contributed by atoms with Crippen molar-refractivity contribution in [1.29, 1.82) is 0 Å². The molecule has 118 valence electrons. The smallest absolute Gasteiger partial charge is 0.109 e. The summed E-state index contributed by atoms with van der Waals surface area (Å²) >= 11 is 1.87. The van der Waals surface area contributed by atoms with E-state index in [-0.39, 0.29) is 0 Å². The van der Waals surface area contributed by atoms with E-state index in [4.69, 9.17) is 0 Å². The van der Waals surface area contributed by atoms with Crippen LogP contribution in [0.2, 0.25) is 0 Å². The van der Waals surface area contributed by atoms with Crippen LogP contribution in [0.25, 0.3) is 0 Å². The highest BCUT2D eigenvalue weighted by atomic mass is 32.1. The molecule has 2 aliphatic rings. The van der Waals surface area contributed by atoms with Gasteiger partial charge in [0, 0.05) is 23.2 Å². The van der Waals surface area contributed by atoms with Crippen molar-refractivity contribution >= 4 is 11.3 Å². The molecule has 0 radical (unpaired) electrons. The first-order chi connectivity index (χ1) is 10.3. The number of aryl methyl sites for hydroxylation is 1. The number of thiazole rings is 1. The van der Waals surface area contributed by atoms with E-state index in [2.05, 4.69) is 35.7 Å². The zero-order valence-corrected chi connectivity index (χ0v) is 14.2. The molecule has 1 saturated carbocycles. The summed E-state index contributed by atoms with van der Waals surface area (Å²) in [6.07, 6.45) is 11.4. The van der Waals surface area contributed by atoms with Crippen molar-refractivity contribution in [3.05, 3.63) is 16.1 Å². The summed E-state index contributed by atoms with van der Waals surface area (Å²) in [6.45, 7) is 5.71. The summed E-state index contributed by atoms with van der Waals surface area (Å²) in [5, 5.41) is 8.90. The topological polar surface area (TPSA) is 37.0 Å². The SMILES string of the molecule is CCc1cnc(C(C)NC2CCCCC2C2CCCN2)s1. The lowest BCUT2D eigenvalue weighted by Crippen LogP contribution is -2.47. The van der Waals surface area contributed by atoms with E-state index in [9.17, 15) is 0 Å². The van der Waals surface area contributed by atoms with Crippen molar-refractivity contribution in [2.24, 2.45) is 5.92 Å². The lowest BCUT2D eigenvalue weighted by molar-refractivity contribution is 0.203. The molecule has 0 aromatic carbocycles. The van der Waals surface area contributed by atoms with Crippen molar-refractivity contribution in [3.63, 3.8) is 0 Å². The second kappa shape index (κ2) is 7.21. The molecule has 0 amide bonds. The normalized spacial score (nSPS) is 31.4. The molecule has 0 bridgehead atoms. The van der Waals surface area contributed by atoms with E-state index >= 15 is 0 Å². The van der Waals surface area contributed by atoms with Gasteiger partial charge in [0.05, 0.1) is 6.04 Å². The Bertz CT molecular complexity index is 439. The Labute approximate surface area is 132 Å². The summed E-state index contributed by atoms with van der Waals surface area (Å²) in [5.74, 6) is 0.814. The minimum atomic E-state index is 0.391. The average Bonchev–Trinajstić information content (AvgIpc) is 3.19. The van der Waals surface area contributed by atoms with Crippen LogP contribution >= 0.6 is 11.3 Å². The van der Waals surface area contributed by atoms with Crippen molar-refractivity contribution in [1.82, 2.24) is 15.6 Å². The summed E-state index contributed by atoms with van der Waals surface area (Å²) in [7, 11) is 0. The average molecular weight is 308 g/mol. The number of aromatic nitrogens is 1. The van der Waals surface area contributed by atoms with Crippen LogP contribution in [0, 0.1) is 5.92 Å². The van der Waals surface area contributed by atoms with Gasteiger partial charge in [0.15, 0.2) is 0 Å². The Balaban J connectivity index is 1.63. The van der Waals surface area contributed by atoms with Crippen LogP contribution in [0.1, 0.15) is 68.3 Å². The minimum Gasteiger partial charge on any atom is -0.314 e. The van der Waals surface area contributed by atoms with Gasteiger partial charge in [-0.3, -0.25) is 0 Å². The molecule has 2 fully saturated rings. The summed E-state index contributed by atoms with van der Waals surface area (Å²) in [4.78, 5) is 6.01. The van der Waals surface area contributed by atoms with E-state index in [1.807, 2.05) is 11.3 Å². The number of nitrogens with one attached hydrogen (secondary N) is 2. The standard InChI is InChI=1S/C17H29N3S/c1-3-13-11-19-17(21-13)12(2)20-16-8-5-4-7-14(16)15-9-6-10-18-15/h11-12,14-16,18,20H,3-10H2,1-2H3. The molecule has 3 nitrogen and oxygen atoms in total. The largest absolute Gasteiger partial charge is 0.314 e. The van der Waals surface area contributed by atoms with Gasteiger partial charge in [-0.1, -0.05) is 19.8 Å². The van der Waals surface area contributed by atoms with Gasteiger partial charge in [-0.25, -0.2) is 4.98 Å². The number of rotatable bonds is 5. The van der Waals surface area contributed by atoms with Crippen molar-refractivity contribution < 1.29 is 0 Å². The maximum absolute atomic E-state index is 4.62. The third kappa shape index (κ3) is 3.66. The molecule has 4 heteroatoms. The van der Waals surface area contributed by atoms with Gasteiger partial charge in [-0.2, -0.15) is 0 Å². The molecule has 1 aromatic rings. The molecule has 1 aliphatic carbocycles. The fraction of sp³-hybridized carbons (Fsp3) is 0.824. The predicted molar refractivity (Wildman–Crippen MR) is 89.8 cm³/mol. The molecule has 1 aliphatic heterocycles. The fourth-order valence-electron chi connectivity index (χ4n) is 4.00. The third-order valence-corrected chi connectivity index (χ3v) is 6.51. The first kappa shape index (κ1) is 15.4. The van der Waals surface area contributed by atoms with E-state index < -0.39 is 0 Å². The molecule has 3 rings (SSSR count). The quantitative estimate of drug-likeness (QED) is 0.871. The van der Waals surface area contributed by atoms with E-state index in [1.165, 1.54) is 55.0 Å². The molecular formula is C17H29N3S. The predicted octanol–water partition coefficient (Wildman–Crippen LogP) is 3.67. The minimum absolute atomic E-state index is 0.391. The van der Waals surface area contributed by atoms with Crippen LogP contribution in [0.5, 0.6) is 0 Å². The highest BCUT2D eigenvalue weighted by molar-refractivity contribution is 7.11. The Hall–Kier alpha value is -0.450. The van der Waals surface area contributed by atoms with Crippen LogP contribution in [-0.2, 0) is 6.42 Å². The third-order valence-electron chi connectivity index (χ3n) is 5.19. The Morgan fingerprint density at radius 1 is 1.33 bits per heavy atom. The molecule has 21 heavy (non-hydrogen) atoms. The van der Waals surface area contributed by atoms with Crippen molar-refractivity contribution in [3.8, 4) is 0 Å². The Kier molecular flexibility index (Phi) is 5.30. The molecule has 4 unspecified atom stereocenters.